The molecule has 4 aromatic rings. The van der Waals surface area contributed by atoms with E-state index in [0.29, 0.717) is 19.0 Å². The van der Waals surface area contributed by atoms with Crippen molar-refractivity contribution in [1.29, 1.82) is 0 Å². The lowest BCUT2D eigenvalue weighted by molar-refractivity contribution is 0.259. The van der Waals surface area contributed by atoms with Gasteiger partial charge in [0.1, 0.15) is 12.1 Å². The lowest BCUT2D eigenvalue weighted by Crippen LogP contribution is -2.20. The number of nitrogens with two attached hydrogens (primary N) is 2. The molecule has 0 bridgehead atoms. The normalized spacial score (nSPS) is 11.7. The SMILES string of the molecule is CC(C)(C)c1[nH]nc(NC(N)=O)c1-c1cccc(-n2cnc3cc(OCCCCCN)ccc32)c1. The molecule has 0 atom stereocenters. The number of fused-ring (bicyclic) bond motifs is 1. The maximum atomic E-state index is 11.6. The summed E-state index contributed by atoms with van der Waals surface area (Å²) in [5.74, 6) is 1.21. The number of primary amides is 1. The van der Waals surface area contributed by atoms with Crippen molar-refractivity contribution in [3.63, 3.8) is 0 Å². The summed E-state index contributed by atoms with van der Waals surface area (Å²) in [5.41, 5.74) is 16.1. The third kappa shape index (κ3) is 5.46. The van der Waals surface area contributed by atoms with E-state index >= 15 is 0 Å². The van der Waals surface area contributed by atoms with Gasteiger partial charge >= 0.3 is 6.03 Å². The Morgan fingerprint density at radius 2 is 1.97 bits per heavy atom. The molecule has 35 heavy (non-hydrogen) atoms. The summed E-state index contributed by atoms with van der Waals surface area (Å²) in [7, 11) is 0. The number of amides is 2. The van der Waals surface area contributed by atoms with Crippen LogP contribution >= 0.6 is 0 Å². The van der Waals surface area contributed by atoms with E-state index in [4.69, 9.17) is 16.2 Å². The maximum absolute atomic E-state index is 11.6. The monoisotopic (exact) mass is 475 g/mol. The van der Waals surface area contributed by atoms with Gasteiger partial charge in [-0.15, -0.1) is 0 Å². The van der Waals surface area contributed by atoms with Crippen LogP contribution in [0.15, 0.2) is 48.8 Å². The van der Waals surface area contributed by atoms with Gasteiger partial charge in [-0.25, -0.2) is 9.78 Å². The predicted molar refractivity (Wildman–Crippen MR) is 139 cm³/mol. The molecular weight excluding hydrogens is 442 g/mol. The molecule has 0 fully saturated rings. The van der Waals surface area contributed by atoms with Gasteiger partial charge in [-0.05, 0) is 55.6 Å². The minimum atomic E-state index is -0.660. The van der Waals surface area contributed by atoms with Crippen molar-refractivity contribution < 1.29 is 9.53 Å². The van der Waals surface area contributed by atoms with Crippen molar-refractivity contribution in [3.05, 3.63) is 54.5 Å². The number of hydrogen-bond acceptors (Lipinski definition) is 5. The van der Waals surface area contributed by atoms with Crippen LogP contribution in [0.25, 0.3) is 27.8 Å². The first-order chi connectivity index (χ1) is 16.8. The Morgan fingerprint density at radius 3 is 2.71 bits per heavy atom. The number of nitrogens with one attached hydrogen (secondary N) is 2. The molecule has 2 amide bonds. The number of anilines is 1. The van der Waals surface area contributed by atoms with Crippen LogP contribution in [-0.4, -0.2) is 38.9 Å². The number of carbonyl (C=O) groups is 1. The van der Waals surface area contributed by atoms with E-state index in [1.165, 1.54) is 0 Å². The maximum Gasteiger partial charge on any atom is 0.317 e. The second-order valence-electron chi connectivity index (χ2n) is 9.57. The van der Waals surface area contributed by atoms with Crippen LogP contribution in [0.5, 0.6) is 5.75 Å². The number of aromatic amines is 1. The summed E-state index contributed by atoms with van der Waals surface area (Å²) in [5, 5.41) is 10.0. The van der Waals surface area contributed by atoms with Crippen LogP contribution < -0.4 is 21.5 Å². The third-order valence-corrected chi connectivity index (χ3v) is 5.81. The first kappa shape index (κ1) is 24.3. The summed E-state index contributed by atoms with van der Waals surface area (Å²) in [6, 6.07) is 13.3. The zero-order chi connectivity index (χ0) is 25.0. The molecular formula is C26H33N7O2. The molecule has 2 heterocycles. The van der Waals surface area contributed by atoms with Gasteiger partial charge in [0.15, 0.2) is 5.82 Å². The van der Waals surface area contributed by atoms with Crippen LogP contribution in [0.4, 0.5) is 10.6 Å². The fourth-order valence-corrected chi connectivity index (χ4v) is 4.09. The second kappa shape index (κ2) is 10.2. The number of nitrogens with zero attached hydrogens (tertiary/aromatic N) is 3. The van der Waals surface area contributed by atoms with Crippen LogP contribution in [0.3, 0.4) is 0 Å². The predicted octanol–water partition coefficient (Wildman–Crippen LogP) is 4.71. The Bertz CT molecular complexity index is 1320. The molecule has 4 rings (SSSR count). The van der Waals surface area contributed by atoms with E-state index in [1.54, 1.807) is 6.33 Å². The molecule has 6 N–H and O–H groups in total. The molecule has 0 radical (unpaired) electrons. The van der Waals surface area contributed by atoms with Gasteiger partial charge in [0.2, 0.25) is 0 Å². The van der Waals surface area contributed by atoms with E-state index in [9.17, 15) is 4.79 Å². The van der Waals surface area contributed by atoms with Crippen molar-refractivity contribution >= 4 is 22.9 Å². The van der Waals surface area contributed by atoms with Gasteiger partial charge in [0.05, 0.1) is 23.3 Å². The number of benzene rings is 2. The topological polar surface area (TPSA) is 137 Å². The minimum Gasteiger partial charge on any atom is -0.494 e. The Hall–Kier alpha value is -3.85. The van der Waals surface area contributed by atoms with Crippen LogP contribution in [0.2, 0.25) is 0 Å². The second-order valence-corrected chi connectivity index (χ2v) is 9.57. The molecule has 0 spiro atoms. The number of carbonyl (C=O) groups excluding carboxylic acids is 1. The van der Waals surface area contributed by atoms with E-state index in [2.05, 4.69) is 47.3 Å². The minimum absolute atomic E-state index is 0.224. The highest BCUT2D eigenvalue weighted by Gasteiger charge is 2.25. The summed E-state index contributed by atoms with van der Waals surface area (Å²) in [6.07, 6.45) is 4.86. The molecule has 0 aliphatic heterocycles. The Morgan fingerprint density at radius 1 is 1.14 bits per heavy atom. The van der Waals surface area contributed by atoms with Gasteiger partial charge in [-0.1, -0.05) is 32.9 Å². The number of rotatable bonds is 9. The van der Waals surface area contributed by atoms with Crippen molar-refractivity contribution in [3.8, 4) is 22.6 Å². The van der Waals surface area contributed by atoms with Gasteiger partial charge in [0, 0.05) is 22.7 Å². The molecule has 2 aromatic carbocycles. The third-order valence-electron chi connectivity index (χ3n) is 5.81. The van der Waals surface area contributed by atoms with Crippen LogP contribution in [0.1, 0.15) is 45.7 Å². The highest BCUT2D eigenvalue weighted by molar-refractivity contribution is 5.93. The largest absolute Gasteiger partial charge is 0.494 e. The highest BCUT2D eigenvalue weighted by Crippen LogP contribution is 2.37. The van der Waals surface area contributed by atoms with Crippen molar-refractivity contribution in [2.75, 3.05) is 18.5 Å². The molecule has 0 saturated heterocycles. The number of unbranched alkanes of at least 4 members (excludes halogenated alkanes) is 2. The average molecular weight is 476 g/mol. The molecule has 0 unspecified atom stereocenters. The Balaban J connectivity index is 1.65. The molecule has 0 saturated carbocycles. The van der Waals surface area contributed by atoms with Gasteiger partial charge < -0.3 is 16.2 Å². The fraction of sp³-hybridized carbons (Fsp3) is 0.346. The van der Waals surface area contributed by atoms with E-state index in [0.717, 1.165) is 58.6 Å². The first-order valence-corrected chi connectivity index (χ1v) is 11.8. The standard InChI is InChI=1S/C26H33N7O2/c1-26(2,3)23-22(24(32-31-23)30-25(28)34)17-8-7-9-18(14-17)33-16-29-20-15-19(10-11-21(20)33)35-13-6-4-5-12-27/h7-11,14-16H,4-6,12-13,27H2,1-3H3,(H4,28,30,31,32,34). The van der Waals surface area contributed by atoms with Gasteiger partial charge in [0.25, 0.3) is 0 Å². The summed E-state index contributed by atoms with van der Waals surface area (Å²) >= 11 is 0. The van der Waals surface area contributed by atoms with Crippen molar-refractivity contribution in [2.45, 2.75) is 45.4 Å². The number of ether oxygens (including phenoxy) is 1. The molecule has 0 aliphatic rings. The Kier molecular flexibility index (Phi) is 7.07. The molecule has 184 valence electrons. The first-order valence-electron chi connectivity index (χ1n) is 11.8. The van der Waals surface area contributed by atoms with Gasteiger partial charge in [-0.2, -0.15) is 5.10 Å². The number of aromatic nitrogens is 4. The fourth-order valence-electron chi connectivity index (χ4n) is 4.09. The lowest BCUT2D eigenvalue weighted by atomic mass is 9.87. The lowest BCUT2D eigenvalue weighted by Gasteiger charge is -2.19. The molecule has 9 heteroatoms. The van der Waals surface area contributed by atoms with Gasteiger partial charge in [-0.3, -0.25) is 15.0 Å². The number of imidazole rings is 1. The average Bonchev–Trinajstić information content (AvgIpc) is 3.42. The Labute approximate surface area is 204 Å². The zero-order valence-electron chi connectivity index (χ0n) is 20.5. The van der Waals surface area contributed by atoms with E-state index in [1.807, 2.05) is 41.0 Å². The van der Waals surface area contributed by atoms with Crippen molar-refractivity contribution in [1.82, 2.24) is 19.7 Å². The smallest absolute Gasteiger partial charge is 0.317 e. The highest BCUT2D eigenvalue weighted by atomic mass is 16.5. The summed E-state index contributed by atoms with van der Waals surface area (Å²) < 4.78 is 7.92. The van der Waals surface area contributed by atoms with E-state index in [-0.39, 0.29) is 5.41 Å². The molecule has 0 aliphatic carbocycles. The summed E-state index contributed by atoms with van der Waals surface area (Å²) in [4.78, 5) is 16.2. The zero-order valence-corrected chi connectivity index (χ0v) is 20.5. The quantitative estimate of drug-likeness (QED) is 0.260. The number of H-pyrrole nitrogens is 1. The van der Waals surface area contributed by atoms with Crippen molar-refractivity contribution in [2.24, 2.45) is 11.5 Å². The molecule has 2 aromatic heterocycles. The van der Waals surface area contributed by atoms with Crippen LogP contribution in [0, 0.1) is 0 Å². The van der Waals surface area contributed by atoms with E-state index < -0.39 is 6.03 Å². The molecule has 9 nitrogen and oxygen atoms in total. The number of urea groups is 1. The number of hydrogen-bond donors (Lipinski definition) is 4. The summed E-state index contributed by atoms with van der Waals surface area (Å²) in [6.45, 7) is 7.64. The van der Waals surface area contributed by atoms with Crippen LogP contribution in [-0.2, 0) is 5.41 Å².